The second-order valence-electron chi connectivity index (χ2n) is 6.16. The van der Waals surface area contributed by atoms with Gasteiger partial charge in [-0.15, -0.1) is 0 Å². The van der Waals surface area contributed by atoms with Gasteiger partial charge in [0.25, 0.3) is 0 Å². The summed E-state index contributed by atoms with van der Waals surface area (Å²) in [5, 5.41) is 18.5. The molecule has 0 fully saturated rings. The van der Waals surface area contributed by atoms with Gasteiger partial charge in [-0.25, -0.2) is 9.59 Å². The Morgan fingerprint density at radius 2 is 1.26 bits per heavy atom. The summed E-state index contributed by atoms with van der Waals surface area (Å²) in [6, 6.07) is 23.5. The number of nitrogens with one attached hydrogen (secondary N) is 2. The minimum atomic E-state index is -1.10. The highest BCUT2D eigenvalue weighted by atomic mass is 16.4. The second-order valence-corrected chi connectivity index (χ2v) is 6.16. The van der Waals surface area contributed by atoms with Crippen LogP contribution >= 0.6 is 0 Å². The normalized spacial score (nSPS) is 10.7. The third kappa shape index (κ3) is 3.30. The summed E-state index contributed by atoms with van der Waals surface area (Å²) in [6.45, 7) is 0. The largest absolute Gasteiger partial charge is 0.478 e. The van der Waals surface area contributed by atoms with Crippen molar-refractivity contribution in [3.05, 3.63) is 84.4 Å². The van der Waals surface area contributed by atoms with Crippen LogP contribution in [0.3, 0.4) is 0 Å². The number of anilines is 2. The fraction of sp³-hybridized carbons (Fsp3) is 0. The van der Waals surface area contributed by atoms with Crippen molar-refractivity contribution in [2.24, 2.45) is 0 Å². The van der Waals surface area contributed by atoms with Crippen molar-refractivity contribution in [2.75, 3.05) is 10.6 Å². The molecule has 0 saturated heterocycles. The molecule has 5 nitrogen and oxygen atoms in total. The molecule has 5 heteroatoms. The van der Waals surface area contributed by atoms with Gasteiger partial charge in [0.2, 0.25) is 0 Å². The van der Waals surface area contributed by atoms with Gasteiger partial charge in [0.05, 0.1) is 16.9 Å². The Labute approximate surface area is 155 Å². The van der Waals surface area contributed by atoms with Crippen LogP contribution < -0.4 is 10.6 Å². The highest BCUT2D eigenvalue weighted by molar-refractivity contribution is 6.10. The van der Waals surface area contributed by atoms with Crippen molar-refractivity contribution in [2.45, 2.75) is 0 Å². The molecule has 0 aliphatic rings. The summed E-state index contributed by atoms with van der Waals surface area (Å²) < 4.78 is 0. The van der Waals surface area contributed by atoms with Gasteiger partial charge in [-0.1, -0.05) is 60.7 Å². The molecular weight excluding hydrogens is 340 g/mol. The monoisotopic (exact) mass is 356 g/mol. The molecule has 2 amide bonds. The number of fused-ring (bicyclic) bond motifs is 2. The summed E-state index contributed by atoms with van der Waals surface area (Å²) >= 11 is 0. The summed E-state index contributed by atoms with van der Waals surface area (Å²) in [7, 11) is 0. The molecule has 0 atom stereocenters. The zero-order valence-corrected chi connectivity index (χ0v) is 14.3. The molecule has 0 heterocycles. The van der Waals surface area contributed by atoms with Crippen LogP contribution in [0.1, 0.15) is 10.4 Å². The van der Waals surface area contributed by atoms with E-state index in [2.05, 4.69) is 10.6 Å². The molecule has 0 saturated carbocycles. The van der Waals surface area contributed by atoms with Crippen molar-refractivity contribution in [1.82, 2.24) is 0 Å². The van der Waals surface area contributed by atoms with E-state index in [0.29, 0.717) is 5.69 Å². The molecule has 4 aromatic rings. The van der Waals surface area contributed by atoms with E-state index in [1.807, 2.05) is 60.7 Å². The van der Waals surface area contributed by atoms with Gasteiger partial charge in [0.1, 0.15) is 0 Å². The lowest BCUT2D eigenvalue weighted by molar-refractivity contribution is 0.0698. The number of hydrogen-bond donors (Lipinski definition) is 3. The quantitative estimate of drug-likeness (QED) is 0.464. The third-order valence-electron chi connectivity index (χ3n) is 4.40. The first-order valence-electron chi connectivity index (χ1n) is 8.44. The van der Waals surface area contributed by atoms with Crippen molar-refractivity contribution in [3.63, 3.8) is 0 Å². The number of amides is 2. The van der Waals surface area contributed by atoms with Crippen LogP contribution in [0.25, 0.3) is 21.5 Å². The van der Waals surface area contributed by atoms with E-state index >= 15 is 0 Å². The Balaban J connectivity index is 1.66. The molecule has 4 rings (SSSR count). The Kier molecular flexibility index (Phi) is 4.18. The molecule has 0 aromatic heterocycles. The highest BCUT2D eigenvalue weighted by Crippen LogP contribution is 2.26. The van der Waals surface area contributed by atoms with Gasteiger partial charge in [0.15, 0.2) is 0 Å². The average Bonchev–Trinajstić information content (AvgIpc) is 2.67. The fourth-order valence-corrected chi connectivity index (χ4v) is 3.13. The van der Waals surface area contributed by atoms with Crippen LogP contribution in [0.15, 0.2) is 78.9 Å². The molecule has 0 spiro atoms. The lowest BCUT2D eigenvalue weighted by Gasteiger charge is -2.13. The number of rotatable bonds is 3. The first-order valence-corrected chi connectivity index (χ1v) is 8.44. The van der Waals surface area contributed by atoms with E-state index < -0.39 is 12.0 Å². The number of carbonyl (C=O) groups excluding carboxylic acids is 1. The van der Waals surface area contributed by atoms with Crippen LogP contribution in [-0.4, -0.2) is 17.1 Å². The maximum atomic E-state index is 12.5. The molecule has 3 N–H and O–H groups in total. The minimum Gasteiger partial charge on any atom is -0.478 e. The Morgan fingerprint density at radius 3 is 2.00 bits per heavy atom. The summed E-state index contributed by atoms with van der Waals surface area (Å²) in [6.07, 6.45) is 0. The number of benzene rings is 4. The van der Waals surface area contributed by atoms with Crippen molar-refractivity contribution in [3.8, 4) is 0 Å². The van der Waals surface area contributed by atoms with Crippen molar-refractivity contribution < 1.29 is 14.7 Å². The Morgan fingerprint density at radius 1 is 0.667 bits per heavy atom. The summed E-state index contributed by atoms with van der Waals surface area (Å²) in [5.41, 5.74) is 0.948. The van der Waals surface area contributed by atoms with Crippen LogP contribution in [0.5, 0.6) is 0 Å². The average molecular weight is 356 g/mol. The lowest BCUT2D eigenvalue weighted by Crippen LogP contribution is -2.21. The van der Waals surface area contributed by atoms with Crippen molar-refractivity contribution in [1.29, 1.82) is 0 Å². The third-order valence-corrected chi connectivity index (χ3v) is 4.40. The van der Waals surface area contributed by atoms with Crippen molar-refractivity contribution >= 4 is 44.9 Å². The SMILES string of the molecule is O=C(Nc1cc2ccccc2cc1C(=O)O)Nc1cccc2ccccc12. The second kappa shape index (κ2) is 6.80. The number of carboxylic acid groups (broad SMARTS) is 1. The molecule has 0 aliphatic carbocycles. The topological polar surface area (TPSA) is 78.4 Å². The molecule has 0 unspecified atom stereocenters. The first-order chi connectivity index (χ1) is 13.1. The maximum absolute atomic E-state index is 12.5. The molecule has 132 valence electrons. The molecule has 4 aromatic carbocycles. The smallest absolute Gasteiger partial charge is 0.337 e. The van der Waals surface area contributed by atoms with Gasteiger partial charge in [-0.3, -0.25) is 0 Å². The zero-order valence-electron chi connectivity index (χ0n) is 14.3. The predicted octanol–water partition coefficient (Wildman–Crippen LogP) is 5.34. The number of carbonyl (C=O) groups is 2. The standard InChI is InChI=1S/C22H16N2O3/c25-21(26)18-12-15-7-1-2-8-16(15)13-20(18)24-22(27)23-19-11-5-9-14-6-3-4-10-17(14)19/h1-13H,(H,25,26)(H2,23,24,27). The molecule has 27 heavy (non-hydrogen) atoms. The summed E-state index contributed by atoms with van der Waals surface area (Å²) in [4.78, 5) is 24.1. The van der Waals surface area contributed by atoms with Crippen LogP contribution in [0.4, 0.5) is 16.2 Å². The first kappa shape index (κ1) is 16.6. The van der Waals surface area contributed by atoms with Crippen LogP contribution in [-0.2, 0) is 0 Å². The number of urea groups is 1. The highest BCUT2D eigenvalue weighted by Gasteiger charge is 2.14. The van der Waals surface area contributed by atoms with Crippen LogP contribution in [0, 0.1) is 0 Å². The predicted molar refractivity (Wildman–Crippen MR) is 107 cm³/mol. The van der Waals surface area contributed by atoms with Gasteiger partial charge in [0, 0.05) is 5.39 Å². The molecule has 0 aliphatic heterocycles. The van der Waals surface area contributed by atoms with E-state index in [4.69, 9.17) is 0 Å². The maximum Gasteiger partial charge on any atom is 0.337 e. The Bertz CT molecular complexity index is 1180. The van der Waals surface area contributed by atoms with E-state index in [9.17, 15) is 14.7 Å². The molecular formula is C22H16N2O3. The molecule has 0 radical (unpaired) electrons. The van der Waals surface area contributed by atoms with E-state index in [0.717, 1.165) is 21.5 Å². The lowest BCUT2D eigenvalue weighted by atomic mass is 10.0. The minimum absolute atomic E-state index is 0.0433. The number of hydrogen-bond acceptors (Lipinski definition) is 2. The van der Waals surface area contributed by atoms with E-state index in [1.165, 1.54) is 0 Å². The van der Waals surface area contributed by atoms with E-state index in [-0.39, 0.29) is 11.3 Å². The number of carboxylic acids is 1. The van der Waals surface area contributed by atoms with E-state index in [1.54, 1.807) is 18.2 Å². The van der Waals surface area contributed by atoms with Gasteiger partial charge < -0.3 is 15.7 Å². The summed E-state index contributed by atoms with van der Waals surface area (Å²) in [5.74, 6) is -1.10. The van der Waals surface area contributed by atoms with Gasteiger partial charge >= 0.3 is 12.0 Å². The molecule has 0 bridgehead atoms. The Hall–Kier alpha value is -3.86. The van der Waals surface area contributed by atoms with Crippen LogP contribution in [0.2, 0.25) is 0 Å². The fourth-order valence-electron chi connectivity index (χ4n) is 3.13. The zero-order chi connectivity index (χ0) is 18.8. The van der Waals surface area contributed by atoms with Gasteiger partial charge in [-0.2, -0.15) is 0 Å². The number of aromatic carboxylic acids is 1. The van der Waals surface area contributed by atoms with Gasteiger partial charge in [-0.05, 0) is 34.4 Å².